The highest BCUT2D eigenvalue weighted by Gasteiger charge is 2.53. The molecule has 0 radical (unpaired) electrons. The first-order valence-corrected chi connectivity index (χ1v) is 26.0. The van der Waals surface area contributed by atoms with Gasteiger partial charge < -0.3 is 40.5 Å². The lowest BCUT2D eigenvalue weighted by Gasteiger charge is -2.36. The largest absolute Gasteiger partial charge is 0.453 e. The molecular weight excluding hydrogens is 933 g/mol. The average molecular weight is 999 g/mol. The van der Waals surface area contributed by atoms with E-state index in [1.165, 1.54) is 47.6 Å². The normalized spacial score (nSPS) is 21.5. The Hall–Kier alpha value is -7.48. The van der Waals surface area contributed by atoms with Gasteiger partial charge in [-0.25, -0.2) is 9.59 Å². The molecule has 4 unspecified atom stereocenters. The SMILES string of the molecule is COC(=O)NC(C(=O)N1CCC[C@H]1C(=O)Nc1cccc(-c2c3c(c(-c4cccc(NC(=O)C5C6CCC(C6)N5C(=O)[C@H](NC(=O)OC)c5ccccc5)c4)c4c2C(C)(C)CC4)C(C)(C)CC3)c1)c1ccccc1. The van der Waals surface area contributed by atoms with Crippen LogP contribution >= 0.6 is 0 Å². The summed E-state index contributed by atoms with van der Waals surface area (Å²) in [4.78, 5) is 85.9. The summed E-state index contributed by atoms with van der Waals surface area (Å²) in [5.41, 5.74) is 11.8. The van der Waals surface area contributed by atoms with Gasteiger partial charge in [-0.2, -0.15) is 0 Å². The quantitative estimate of drug-likeness (QED) is 0.0955. The van der Waals surface area contributed by atoms with Gasteiger partial charge in [-0.3, -0.25) is 19.2 Å². The molecule has 5 aromatic carbocycles. The molecule has 2 heterocycles. The van der Waals surface area contributed by atoms with Crippen LogP contribution in [0.2, 0.25) is 0 Å². The highest BCUT2D eigenvalue weighted by molar-refractivity contribution is 6.01. The van der Waals surface area contributed by atoms with E-state index < -0.39 is 36.4 Å². The maximum Gasteiger partial charge on any atom is 0.407 e. The zero-order valence-corrected chi connectivity index (χ0v) is 43.1. The van der Waals surface area contributed by atoms with Crippen LogP contribution in [0.1, 0.15) is 118 Å². The van der Waals surface area contributed by atoms with Crippen molar-refractivity contribution < 1.29 is 38.2 Å². The van der Waals surface area contributed by atoms with Gasteiger partial charge in [-0.15, -0.1) is 0 Å². The third-order valence-corrected chi connectivity index (χ3v) is 16.5. The summed E-state index contributed by atoms with van der Waals surface area (Å²) in [7, 11) is 2.52. The number of rotatable bonds is 12. The fourth-order valence-corrected chi connectivity index (χ4v) is 13.0. The number of nitrogens with one attached hydrogen (secondary N) is 4. The molecule has 10 rings (SSSR count). The molecule has 384 valence electrons. The summed E-state index contributed by atoms with van der Waals surface area (Å²) in [6.45, 7) is 9.64. The second-order valence-electron chi connectivity index (χ2n) is 21.9. The van der Waals surface area contributed by atoms with Crippen LogP contribution in [-0.2, 0) is 52.3 Å². The second-order valence-corrected chi connectivity index (χ2v) is 21.9. The van der Waals surface area contributed by atoms with E-state index in [2.05, 4.69) is 73.2 Å². The van der Waals surface area contributed by atoms with Gasteiger partial charge in [0.25, 0.3) is 11.8 Å². The molecule has 1 saturated carbocycles. The van der Waals surface area contributed by atoms with Crippen molar-refractivity contribution in [1.29, 1.82) is 0 Å². The van der Waals surface area contributed by atoms with Gasteiger partial charge in [-0.05, 0) is 154 Å². The zero-order valence-electron chi connectivity index (χ0n) is 43.1. The fraction of sp³-hybridized carbons (Fsp3) is 0.400. The topological polar surface area (TPSA) is 175 Å². The summed E-state index contributed by atoms with van der Waals surface area (Å²) >= 11 is 0. The smallest absolute Gasteiger partial charge is 0.407 e. The standard InChI is InChI=1S/C60H66N6O8/c1-59(2)30-28-44-47(38-21-14-23-41(33-38)62-54(68)52-39-25-26-42(34-39)66(52)56(70)51(64-58(72)74-6)36-18-11-8-12-19-36)49-43(27-29-60(49,3)4)46(48(44)59)37-20-13-22-40(32-37)61-53(67)45-24-15-31-65(45)55(69)50(63-57(71)73-5)35-16-9-7-10-17-35/h7-14,16-23,32-33,39,42,45,50-52H,15,24-31,34H2,1-6H3,(H,61,67)(H,62,68)(H,63,71)(H,64,72)/t39?,42?,45-,50?,51+,52?/m0/s1. The van der Waals surface area contributed by atoms with Gasteiger partial charge in [0.1, 0.15) is 24.2 Å². The van der Waals surface area contributed by atoms with Gasteiger partial charge in [0.05, 0.1) is 14.2 Å². The lowest BCUT2D eigenvalue weighted by Crippen LogP contribution is -2.54. The van der Waals surface area contributed by atoms with Gasteiger partial charge in [0.2, 0.25) is 11.8 Å². The molecule has 74 heavy (non-hydrogen) atoms. The van der Waals surface area contributed by atoms with E-state index >= 15 is 0 Å². The van der Waals surface area contributed by atoms with Crippen molar-refractivity contribution in [1.82, 2.24) is 20.4 Å². The van der Waals surface area contributed by atoms with E-state index in [1.807, 2.05) is 48.5 Å². The minimum atomic E-state index is -1.02. The van der Waals surface area contributed by atoms with Crippen LogP contribution in [0.5, 0.6) is 0 Å². The van der Waals surface area contributed by atoms with Crippen LogP contribution in [0.3, 0.4) is 0 Å². The van der Waals surface area contributed by atoms with Crippen molar-refractivity contribution in [2.75, 3.05) is 31.4 Å². The van der Waals surface area contributed by atoms with Crippen molar-refractivity contribution in [2.24, 2.45) is 5.92 Å². The molecule has 14 heteroatoms. The predicted molar refractivity (Wildman–Crippen MR) is 283 cm³/mol. The molecule has 3 aliphatic carbocycles. The number of hydrogen-bond donors (Lipinski definition) is 4. The first kappa shape index (κ1) is 50.1. The van der Waals surface area contributed by atoms with Crippen molar-refractivity contribution in [3.63, 3.8) is 0 Å². The molecule has 6 atom stereocenters. The minimum Gasteiger partial charge on any atom is -0.453 e. The minimum absolute atomic E-state index is 0.00763. The Morgan fingerprint density at radius 3 is 1.61 bits per heavy atom. The first-order valence-electron chi connectivity index (χ1n) is 26.0. The lowest BCUT2D eigenvalue weighted by molar-refractivity contribution is -0.142. The third kappa shape index (κ3) is 9.28. The number of piperidine rings is 1. The number of amides is 6. The molecule has 6 amide bonds. The number of fused-ring (bicyclic) bond motifs is 4. The molecule has 2 bridgehead atoms. The summed E-state index contributed by atoms with van der Waals surface area (Å²) in [6, 6.07) is 30.7. The number of ether oxygens (including phenoxy) is 2. The number of nitrogens with zero attached hydrogens (tertiary/aromatic N) is 2. The fourth-order valence-electron chi connectivity index (χ4n) is 13.0. The Bertz CT molecular complexity index is 3030. The first-order chi connectivity index (χ1) is 35.6. The monoisotopic (exact) mass is 998 g/mol. The highest BCUT2D eigenvalue weighted by Crippen LogP contribution is 2.57. The maximum atomic E-state index is 14.6. The number of likely N-dealkylation sites (tertiary alicyclic amines) is 2. The molecular formula is C60H66N6O8. The van der Waals surface area contributed by atoms with Crippen molar-refractivity contribution in [3.05, 3.63) is 143 Å². The van der Waals surface area contributed by atoms with E-state index in [9.17, 15) is 28.8 Å². The number of anilines is 2. The Morgan fingerprint density at radius 2 is 1.09 bits per heavy atom. The van der Waals surface area contributed by atoms with Crippen molar-refractivity contribution in [3.8, 4) is 22.3 Å². The summed E-state index contributed by atoms with van der Waals surface area (Å²) < 4.78 is 9.78. The average Bonchev–Trinajstić information content (AvgIpc) is 4.26. The van der Waals surface area contributed by atoms with E-state index in [0.717, 1.165) is 56.1 Å². The van der Waals surface area contributed by atoms with Crippen LogP contribution in [0.4, 0.5) is 21.0 Å². The maximum absolute atomic E-state index is 14.6. The van der Waals surface area contributed by atoms with Crippen LogP contribution in [0.25, 0.3) is 22.3 Å². The predicted octanol–water partition coefficient (Wildman–Crippen LogP) is 9.91. The molecule has 4 N–H and O–H groups in total. The van der Waals surface area contributed by atoms with Crippen LogP contribution in [0, 0.1) is 5.92 Å². The number of carbonyl (C=O) groups excluding carboxylic acids is 6. The van der Waals surface area contributed by atoms with Gasteiger partial charge >= 0.3 is 12.2 Å². The number of methoxy groups -OCH3 is 2. The molecule has 0 aromatic heterocycles. The van der Waals surface area contributed by atoms with Crippen molar-refractivity contribution in [2.45, 2.75) is 127 Å². The van der Waals surface area contributed by atoms with Crippen LogP contribution < -0.4 is 21.3 Å². The van der Waals surface area contributed by atoms with Crippen molar-refractivity contribution >= 4 is 47.2 Å². The summed E-state index contributed by atoms with van der Waals surface area (Å²) in [5, 5.41) is 11.8. The number of alkyl carbamates (subject to hydrolysis) is 2. The van der Waals surface area contributed by atoms with Gasteiger partial charge in [0.15, 0.2) is 0 Å². The lowest BCUT2D eigenvalue weighted by atomic mass is 9.73. The molecule has 2 saturated heterocycles. The molecule has 5 aliphatic rings. The van der Waals surface area contributed by atoms with Gasteiger partial charge in [0, 0.05) is 24.0 Å². The Balaban J connectivity index is 0.948. The zero-order chi connectivity index (χ0) is 52.1. The molecule has 0 spiro atoms. The molecule has 14 nitrogen and oxygen atoms in total. The van der Waals surface area contributed by atoms with E-state index in [1.54, 1.807) is 46.2 Å². The highest BCUT2D eigenvalue weighted by atomic mass is 16.5. The Morgan fingerprint density at radius 1 is 0.595 bits per heavy atom. The van der Waals surface area contributed by atoms with Crippen LogP contribution in [0.15, 0.2) is 109 Å². The Kier molecular flexibility index (Phi) is 13.6. The Labute approximate surface area is 432 Å². The number of benzene rings is 5. The summed E-state index contributed by atoms with van der Waals surface area (Å²) in [6.07, 6.45) is 5.65. The molecule has 5 aromatic rings. The van der Waals surface area contributed by atoms with Gasteiger partial charge in [-0.1, -0.05) is 113 Å². The summed E-state index contributed by atoms with van der Waals surface area (Å²) in [5.74, 6) is -1.25. The third-order valence-electron chi connectivity index (χ3n) is 16.5. The number of hydrogen-bond acceptors (Lipinski definition) is 8. The molecule has 3 fully saturated rings. The number of carbonyl (C=O) groups is 6. The second kappa shape index (κ2) is 20.1. The molecule has 2 aliphatic heterocycles. The van der Waals surface area contributed by atoms with Crippen LogP contribution in [-0.4, -0.2) is 84.5 Å². The van der Waals surface area contributed by atoms with E-state index in [0.29, 0.717) is 41.9 Å². The van der Waals surface area contributed by atoms with E-state index in [4.69, 9.17) is 9.47 Å². The van der Waals surface area contributed by atoms with E-state index in [-0.39, 0.29) is 46.4 Å².